The summed E-state index contributed by atoms with van der Waals surface area (Å²) in [6.07, 6.45) is -1.01. The molecule has 1 aliphatic rings. The van der Waals surface area contributed by atoms with Gasteiger partial charge in [0.05, 0.1) is 29.5 Å². The Morgan fingerprint density at radius 3 is 2.19 bits per heavy atom. The summed E-state index contributed by atoms with van der Waals surface area (Å²) in [5.74, 6) is -1.82. The van der Waals surface area contributed by atoms with Crippen LogP contribution < -0.4 is 9.64 Å². The zero-order valence-electron chi connectivity index (χ0n) is 17.4. The topological polar surface area (TPSA) is 90.0 Å². The number of ketones is 1. The zero-order chi connectivity index (χ0) is 22.8. The smallest absolute Gasteiger partial charge is 0.338 e. The van der Waals surface area contributed by atoms with Gasteiger partial charge in [0.1, 0.15) is 5.75 Å². The Balaban J connectivity index is 1.57. The zero-order valence-corrected chi connectivity index (χ0v) is 17.4. The highest BCUT2D eigenvalue weighted by Gasteiger charge is 2.38. The average molecular weight is 429 g/mol. The summed E-state index contributed by atoms with van der Waals surface area (Å²) >= 11 is 0. The predicted molar refractivity (Wildman–Crippen MR) is 116 cm³/mol. The van der Waals surface area contributed by atoms with Crippen LogP contribution in [0.4, 0.5) is 5.69 Å². The molecule has 1 unspecified atom stereocenters. The molecule has 160 valence electrons. The second-order valence-electron chi connectivity index (χ2n) is 7.16. The number of carbonyl (C=O) groups is 4. The highest BCUT2D eigenvalue weighted by Crippen LogP contribution is 2.35. The van der Waals surface area contributed by atoms with E-state index in [2.05, 4.69) is 0 Å². The number of nitrogens with zero attached hydrogens (tertiary/aromatic N) is 1. The fourth-order valence-corrected chi connectivity index (χ4v) is 3.52. The molecule has 0 N–H and O–H groups in total. The van der Waals surface area contributed by atoms with Crippen LogP contribution in [0.15, 0.2) is 72.8 Å². The second-order valence-corrected chi connectivity index (χ2v) is 7.16. The van der Waals surface area contributed by atoms with Gasteiger partial charge in [-0.25, -0.2) is 9.69 Å². The number of imide groups is 1. The molecule has 7 heteroatoms. The Morgan fingerprint density at radius 2 is 1.47 bits per heavy atom. The number of anilines is 1. The molecular weight excluding hydrogens is 410 g/mol. The van der Waals surface area contributed by atoms with Crippen molar-refractivity contribution in [2.75, 3.05) is 12.0 Å². The van der Waals surface area contributed by atoms with Crippen LogP contribution in [0.3, 0.4) is 0 Å². The number of hydrogen-bond donors (Lipinski definition) is 0. The fourth-order valence-electron chi connectivity index (χ4n) is 3.52. The molecule has 32 heavy (non-hydrogen) atoms. The third kappa shape index (κ3) is 3.65. The van der Waals surface area contributed by atoms with Crippen LogP contribution in [-0.4, -0.2) is 36.8 Å². The van der Waals surface area contributed by atoms with E-state index in [1.54, 1.807) is 54.6 Å². The molecule has 4 rings (SSSR count). The van der Waals surface area contributed by atoms with Crippen molar-refractivity contribution in [2.24, 2.45) is 0 Å². The minimum absolute atomic E-state index is 0.0690. The van der Waals surface area contributed by atoms with Gasteiger partial charge in [-0.3, -0.25) is 14.4 Å². The van der Waals surface area contributed by atoms with Crippen molar-refractivity contribution >= 4 is 29.3 Å². The molecule has 0 aliphatic carbocycles. The molecule has 2 amide bonds. The fraction of sp³-hybridized carbons (Fsp3) is 0.120. The first-order valence-electron chi connectivity index (χ1n) is 9.88. The lowest BCUT2D eigenvalue weighted by Crippen LogP contribution is -2.29. The monoisotopic (exact) mass is 429 g/mol. The lowest BCUT2D eigenvalue weighted by atomic mass is 10.1. The van der Waals surface area contributed by atoms with Gasteiger partial charge in [0, 0.05) is 5.56 Å². The number of hydrogen-bond acceptors (Lipinski definition) is 6. The highest BCUT2D eigenvalue weighted by molar-refractivity contribution is 6.35. The molecule has 1 atom stereocenters. The lowest BCUT2D eigenvalue weighted by molar-refractivity contribution is 0.0318. The van der Waals surface area contributed by atoms with Gasteiger partial charge < -0.3 is 9.47 Å². The van der Waals surface area contributed by atoms with Crippen LogP contribution in [0.2, 0.25) is 0 Å². The maximum atomic E-state index is 13.0. The molecular formula is C25H19NO6. The molecule has 0 saturated heterocycles. The third-order valence-corrected chi connectivity index (χ3v) is 5.16. The van der Waals surface area contributed by atoms with Crippen molar-refractivity contribution in [3.63, 3.8) is 0 Å². The minimum atomic E-state index is -1.01. The van der Waals surface area contributed by atoms with Crippen molar-refractivity contribution in [3.05, 3.63) is 95.1 Å². The van der Waals surface area contributed by atoms with Crippen LogP contribution in [0.25, 0.3) is 0 Å². The average Bonchev–Trinajstić information content (AvgIpc) is 3.08. The molecule has 0 fully saturated rings. The molecule has 7 nitrogen and oxygen atoms in total. The van der Waals surface area contributed by atoms with Crippen LogP contribution in [0, 0.1) is 0 Å². The first-order valence-corrected chi connectivity index (χ1v) is 9.88. The van der Waals surface area contributed by atoms with Crippen LogP contribution >= 0.6 is 0 Å². The maximum Gasteiger partial charge on any atom is 0.338 e. The Morgan fingerprint density at radius 1 is 0.812 bits per heavy atom. The minimum Gasteiger partial charge on any atom is -0.495 e. The third-order valence-electron chi connectivity index (χ3n) is 5.16. The number of esters is 1. The number of rotatable bonds is 6. The summed E-state index contributed by atoms with van der Waals surface area (Å²) in [6, 6.07) is 19.3. The van der Waals surface area contributed by atoms with E-state index in [-0.39, 0.29) is 22.5 Å². The van der Waals surface area contributed by atoms with Crippen molar-refractivity contribution in [1.29, 1.82) is 0 Å². The Labute approximate surface area is 184 Å². The summed E-state index contributed by atoms with van der Waals surface area (Å²) in [6.45, 7) is 1.48. The molecule has 0 radical (unpaired) electrons. The summed E-state index contributed by atoms with van der Waals surface area (Å²) in [7, 11) is 1.45. The van der Waals surface area contributed by atoms with Gasteiger partial charge in [-0.2, -0.15) is 0 Å². The predicted octanol–water partition coefficient (Wildman–Crippen LogP) is 3.92. The number of fused-ring (bicyclic) bond motifs is 1. The maximum absolute atomic E-state index is 13.0. The standard InChI is InChI=1S/C25H19NO6/c1-15(22(27)16-8-4-3-5-9-16)32-25(30)17-12-13-18-19(14-17)24(29)26(23(18)28)20-10-6-7-11-21(20)31-2/h3-15H,1-2H3. The normalized spacial score (nSPS) is 13.5. The van der Waals surface area contributed by atoms with E-state index in [0.29, 0.717) is 17.0 Å². The molecule has 0 spiro atoms. The van der Waals surface area contributed by atoms with Gasteiger partial charge in [-0.15, -0.1) is 0 Å². The number of amides is 2. The number of benzene rings is 3. The molecule has 1 aliphatic heterocycles. The van der Waals surface area contributed by atoms with E-state index in [4.69, 9.17) is 9.47 Å². The van der Waals surface area contributed by atoms with Gasteiger partial charge in [0.2, 0.25) is 5.78 Å². The SMILES string of the molecule is COc1ccccc1N1C(=O)c2ccc(C(=O)OC(C)C(=O)c3ccccc3)cc2C1=O. The van der Waals surface area contributed by atoms with Crippen molar-refractivity contribution in [2.45, 2.75) is 13.0 Å². The van der Waals surface area contributed by atoms with E-state index in [0.717, 1.165) is 4.90 Å². The molecule has 0 bridgehead atoms. The van der Waals surface area contributed by atoms with E-state index >= 15 is 0 Å². The van der Waals surface area contributed by atoms with E-state index in [1.807, 2.05) is 0 Å². The quantitative estimate of drug-likeness (QED) is 0.335. The Bertz CT molecular complexity index is 1230. The first kappa shape index (κ1) is 21.0. The number of Topliss-reactive ketones (excluding diaryl/α,β-unsaturated/α-hetero) is 1. The first-order chi connectivity index (χ1) is 15.4. The van der Waals surface area contributed by atoms with Gasteiger partial charge in [0.25, 0.3) is 11.8 Å². The second kappa shape index (κ2) is 8.47. The highest BCUT2D eigenvalue weighted by atomic mass is 16.5. The van der Waals surface area contributed by atoms with Crippen molar-refractivity contribution in [3.8, 4) is 5.75 Å². The van der Waals surface area contributed by atoms with E-state index in [1.165, 1.54) is 32.2 Å². The van der Waals surface area contributed by atoms with Crippen LogP contribution in [-0.2, 0) is 4.74 Å². The summed E-state index contributed by atoms with van der Waals surface area (Å²) in [5.41, 5.74) is 1.06. The van der Waals surface area contributed by atoms with Crippen LogP contribution in [0.1, 0.15) is 48.4 Å². The van der Waals surface area contributed by atoms with E-state index < -0.39 is 23.9 Å². The van der Waals surface area contributed by atoms with Gasteiger partial charge in [0.15, 0.2) is 6.10 Å². The Hall–Kier alpha value is -4.26. The number of para-hydroxylation sites is 2. The van der Waals surface area contributed by atoms with Gasteiger partial charge in [-0.05, 0) is 37.3 Å². The summed E-state index contributed by atoms with van der Waals surface area (Å²) in [4.78, 5) is 52.0. The Kier molecular flexibility index (Phi) is 5.55. The number of carbonyl (C=O) groups excluding carboxylic acids is 4. The number of ether oxygens (including phenoxy) is 2. The molecule has 0 saturated carbocycles. The largest absolute Gasteiger partial charge is 0.495 e. The lowest BCUT2D eigenvalue weighted by Gasteiger charge is -2.16. The van der Waals surface area contributed by atoms with Gasteiger partial charge >= 0.3 is 5.97 Å². The molecule has 1 heterocycles. The van der Waals surface area contributed by atoms with Crippen LogP contribution in [0.5, 0.6) is 5.75 Å². The number of methoxy groups -OCH3 is 1. The van der Waals surface area contributed by atoms with Crippen molar-refractivity contribution in [1.82, 2.24) is 0 Å². The van der Waals surface area contributed by atoms with Gasteiger partial charge in [-0.1, -0.05) is 42.5 Å². The molecule has 0 aromatic heterocycles. The molecule has 3 aromatic rings. The summed E-state index contributed by atoms with van der Waals surface area (Å²) < 4.78 is 10.6. The van der Waals surface area contributed by atoms with E-state index in [9.17, 15) is 19.2 Å². The van der Waals surface area contributed by atoms with Crippen molar-refractivity contribution < 1.29 is 28.7 Å². The molecule has 3 aromatic carbocycles. The summed E-state index contributed by atoms with van der Waals surface area (Å²) in [5, 5.41) is 0.